The van der Waals surface area contributed by atoms with Crippen LogP contribution in [0, 0.1) is 13.7 Å². The summed E-state index contributed by atoms with van der Waals surface area (Å²) < 4.78 is 1.18. The molecule has 2 aromatic carbocycles. The Kier molecular flexibility index (Phi) is 4.94. The van der Waals surface area contributed by atoms with Crippen LogP contribution in [0.1, 0.15) is 24.9 Å². The van der Waals surface area contributed by atoms with Crippen molar-refractivity contribution in [1.29, 1.82) is 0 Å². The van der Waals surface area contributed by atoms with Crippen LogP contribution >= 0.6 is 22.6 Å². The molecule has 20 heavy (non-hydrogen) atoms. The number of hydrogen-bond donors (Lipinski definition) is 1. The van der Waals surface area contributed by atoms with Crippen LogP contribution in [-0.2, 0) is 0 Å². The lowest BCUT2D eigenvalue weighted by Crippen LogP contribution is -2.09. The first kappa shape index (κ1) is 14.8. The molecule has 1 N–H and O–H groups in total. The minimum Gasteiger partial charge on any atom is -0.378 e. The Morgan fingerprint density at radius 3 is 2.55 bits per heavy atom. The second-order valence-electron chi connectivity index (χ2n) is 4.46. The summed E-state index contributed by atoms with van der Waals surface area (Å²) in [5.74, 6) is 0. The molecule has 0 fully saturated rings. The quantitative estimate of drug-likeness (QED) is 0.461. The van der Waals surface area contributed by atoms with Crippen molar-refractivity contribution in [2.75, 3.05) is 5.32 Å². The van der Waals surface area contributed by atoms with E-state index in [0.717, 1.165) is 17.7 Å². The lowest BCUT2D eigenvalue weighted by Gasteiger charge is -2.18. The third-order valence-electron chi connectivity index (χ3n) is 3.08. The number of hydrogen-bond acceptors (Lipinski definition) is 3. The van der Waals surface area contributed by atoms with Crippen LogP contribution in [0.4, 0.5) is 11.4 Å². The normalized spacial score (nSPS) is 11.9. The molecule has 0 aliphatic rings. The van der Waals surface area contributed by atoms with Crippen LogP contribution in [0.25, 0.3) is 0 Å². The molecule has 0 amide bonds. The fourth-order valence-electron chi connectivity index (χ4n) is 2.02. The number of rotatable bonds is 5. The van der Waals surface area contributed by atoms with Gasteiger partial charge in [0.2, 0.25) is 0 Å². The van der Waals surface area contributed by atoms with Crippen molar-refractivity contribution in [3.8, 4) is 0 Å². The first-order chi connectivity index (χ1) is 9.60. The first-order valence-corrected chi connectivity index (χ1v) is 7.44. The van der Waals surface area contributed by atoms with Gasteiger partial charge in [-0.3, -0.25) is 10.1 Å². The van der Waals surface area contributed by atoms with Crippen LogP contribution in [0.5, 0.6) is 0 Å². The minimum atomic E-state index is -0.360. The van der Waals surface area contributed by atoms with E-state index in [-0.39, 0.29) is 16.7 Å². The second-order valence-corrected chi connectivity index (χ2v) is 5.71. The van der Waals surface area contributed by atoms with Gasteiger partial charge in [-0.05, 0) is 58.8 Å². The topological polar surface area (TPSA) is 55.2 Å². The monoisotopic (exact) mass is 382 g/mol. The second kappa shape index (κ2) is 6.69. The Hall–Kier alpha value is -1.63. The molecular formula is C15H15IN2O2. The third-order valence-corrected chi connectivity index (χ3v) is 3.80. The minimum absolute atomic E-state index is 0.0648. The number of nitro groups is 1. The lowest BCUT2D eigenvalue weighted by molar-refractivity contribution is -0.384. The van der Waals surface area contributed by atoms with E-state index in [4.69, 9.17) is 0 Å². The molecule has 0 radical (unpaired) electrons. The maximum absolute atomic E-state index is 10.8. The molecule has 0 saturated heterocycles. The zero-order valence-corrected chi connectivity index (χ0v) is 13.2. The van der Waals surface area contributed by atoms with E-state index >= 15 is 0 Å². The van der Waals surface area contributed by atoms with Gasteiger partial charge in [0, 0.05) is 21.4 Å². The van der Waals surface area contributed by atoms with E-state index in [0.29, 0.717) is 0 Å². The molecule has 0 aliphatic carbocycles. The Morgan fingerprint density at radius 1 is 1.25 bits per heavy atom. The third kappa shape index (κ3) is 3.69. The highest BCUT2D eigenvalue weighted by Crippen LogP contribution is 2.25. The van der Waals surface area contributed by atoms with Crippen molar-refractivity contribution in [2.45, 2.75) is 19.4 Å². The fourth-order valence-corrected chi connectivity index (χ4v) is 2.38. The Bertz CT molecular complexity index is 599. The van der Waals surface area contributed by atoms with Crippen LogP contribution in [0.2, 0.25) is 0 Å². The largest absolute Gasteiger partial charge is 0.378 e. The summed E-state index contributed by atoms with van der Waals surface area (Å²) in [6.45, 7) is 2.06. The highest BCUT2D eigenvalue weighted by Gasteiger charge is 2.13. The fraction of sp³-hybridized carbons (Fsp3) is 0.200. The van der Waals surface area contributed by atoms with Crippen LogP contribution in [-0.4, -0.2) is 4.92 Å². The van der Waals surface area contributed by atoms with Gasteiger partial charge < -0.3 is 5.32 Å². The predicted octanol–water partition coefficient (Wildman–Crippen LogP) is 4.76. The molecule has 0 spiro atoms. The van der Waals surface area contributed by atoms with Crippen molar-refractivity contribution in [2.24, 2.45) is 0 Å². The summed E-state index contributed by atoms with van der Waals surface area (Å²) in [6, 6.07) is 15.0. The number of anilines is 1. The van der Waals surface area contributed by atoms with Crippen molar-refractivity contribution in [1.82, 2.24) is 0 Å². The van der Waals surface area contributed by atoms with Gasteiger partial charge in [-0.1, -0.05) is 19.1 Å². The molecule has 1 unspecified atom stereocenters. The van der Waals surface area contributed by atoms with Gasteiger partial charge in [0.1, 0.15) is 0 Å². The van der Waals surface area contributed by atoms with Gasteiger partial charge in [-0.2, -0.15) is 0 Å². The van der Waals surface area contributed by atoms with Crippen molar-refractivity contribution < 1.29 is 4.92 Å². The standard InChI is InChI=1S/C15H15IN2O2/c1-2-15(17-13-8-6-12(16)7-9-13)11-4-3-5-14(10-11)18(19)20/h3-10,15,17H,2H2,1H3. The maximum Gasteiger partial charge on any atom is 0.269 e. The highest BCUT2D eigenvalue weighted by atomic mass is 127. The summed E-state index contributed by atoms with van der Waals surface area (Å²) >= 11 is 2.26. The van der Waals surface area contributed by atoms with Gasteiger partial charge in [0.15, 0.2) is 0 Å². The van der Waals surface area contributed by atoms with E-state index in [1.807, 2.05) is 30.3 Å². The summed E-state index contributed by atoms with van der Waals surface area (Å²) in [5, 5.41) is 14.3. The van der Waals surface area contributed by atoms with Gasteiger partial charge >= 0.3 is 0 Å². The molecule has 0 bridgehead atoms. The molecule has 4 nitrogen and oxygen atoms in total. The molecule has 2 rings (SSSR count). The Morgan fingerprint density at radius 2 is 1.95 bits per heavy atom. The Balaban J connectivity index is 2.21. The van der Waals surface area contributed by atoms with Gasteiger partial charge in [-0.25, -0.2) is 0 Å². The summed E-state index contributed by atoms with van der Waals surface area (Å²) in [5.41, 5.74) is 2.08. The average Bonchev–Trinajstić information content (AvgIpc) is 2.46. The van der Waals surface area contributed by atoms with E-state index < -0.39 is 0 Å². The maximum atomic E-state index is 10.8. The summed E-state index contributed by atoms with van der Waals surface area (Å²) in [6.07, 6.45) is 0.854. The zero-order valence-electron chi connectivity index (χ0n) is 11.0. The summed E-state index contributed by atoms with van der Waals surface area (Å²) in [7, 11) is 0. The smallest absolute Gasteiger partial charge is 0.269 e. The van der Waals surface area contributed by atoms with Crippen LogP contribution in [0.3, 0.4) is 0 Å². The van der Waals surface area contributed by atoms with E-state index in [1.165, 1.54) is 9.64 Å². The van der Waals surface area contributed by atoms with E-state index in [9.17, 15) is 10.1 Å². The number of nitro benzene ring substituents is 1. The van der Waals surface area contributed by atoms with E-state index in [1.54, 1.807) is 12.1 Å². The lowest BCUT2D eigenvalue weighted by atomic mass is 10.0. The Labute approximate surface area is 131 Å². The molecular weight excluding hydrogens is 367 g/mol. The molecule has 0 heterocycles. The van der Waals surface area contributed by atoms with Crippen LogP contribution < -0.4 is 5.32 Å². The van der Waals surface area contributed by atoms with Crippen molar-refractivity contribution in [3.05, 3.63) is 67.8 Å². The van der Waals surface area contributed by atoms with Crippen molar-refractivity contribution in [3.63, 3.8) is 0 Å². The molecule has 5 heteroatoms. The zero-order chi connectivity index (χ0) is 14.5. The number of non-ortho nitro benzene ring substituents is 1. The average molecular weight is 382 g/mol. The van der Waals surface area contributed by atoms with E-state index in [2.05, 4.69) is 34.8 Å². The molecule has 104 valence electrons. The molecule has 1 atom stereocenters. The van der Waals surface area contributed by atoms with Gasteiger partial charge in [0.05, 0.1) is 11.0 Å². The SMILES string of the molecule is CCC(Nc1ccc(I)cc1)c1cccc([N+](=O)[O-])c1. The van der Waals surface area contributed by atoms with Crippen molar-refractivity contribution >= 4 is 34.0 Å². The van der Waals surface area contributed by atoms with Gasteiger partial charge in [0.25, 0.3) is 5.69 Å². The molecule has 0 aromatic heterocycles. The number of benzene rings is 2. The van der Waals surface area contributed by atoms with Gasteiger partial charge in [-0.15, -0.1) is 0 Å². The predicted molar refractivity (Wildman–Crippen MR) is 88.9 cm³/mol. The summed E-state index contributed by atoms with van der Waals surface area (Å²) in [4.78, 5) is 10.5. The number of nitrogens with zero attached hydrogens (tertiary/aromatic N) is 1. The first-order valence-electron chi connectivity index (χ1n) is 6.36. The molecule has 2 aromatic rings. The molecule has 0 aliphatic heterocycles. The number of nitrogens with one attached hydrogen (secondary N) is 1. The number of halogens is 1. The molecule has 0 saturated carbocycles. The highest BCUT2D eigenvalue weighted by molar-refractivity contribution is 14.1. The van der Waals surface area contributed by atoms with Crippen LogP contribution in [0.15, 0.2) is 48.5 Å².